The van der Waals surface area contributed by atoms with E-state index in [0.29, 0.717) is 38.5 Å². The van der Waals surface area contributed by atoms with Crippen molar-refractivity contribution in [3.63, 3.8) is 0 Å². The van der Waals surface area contributed by atoms with E-state index < -0.39 is 11.9 Å². The van der Waals surface area contributed by atoms with Crippen LogP contribution in [0.3, 0.4) is 0 Å². The van der Waals surface area contributed by atoms with E-state index in [4.69, 9.17) is 0 Å². The Bertz CT molecular complexity index is 620. The Morgan fingerprint density at radius 3 is 2.27 bits per heavy atom. The van der Waals surface area contributed by atoms with Crippen molar-refractivity contribution in [1.29, 1.82) is 0 Å². The van der Waals surface area contributed by atoms with Gasteiger partial charge in [0.05, 0.1) is 6.42 Å². The summed E-state index contributed by atoms with van der Waals surface area (Å²) in [5.74, 6) is -1.09. The first kappa shape index (κ1) is 18.7. The van der Waals surface area contributed by atoms with Crippen LogP contribution in [0.2, 0.25) is 0 Å². The normalized spacial score (nSPS) is 19.6. The molecule has 1 aliphatic heterocycles. The van der Waals surface area contributed by atoms with Crippen LogP contribution < -0.4 is 4.90 Å². The van der Waals surface area contributed by atoms with Crippen LogP contribution >= 0.6 is 0 Å². The summed E-state index contributed by atoms with van der Waals surface area (Å²) in [6.07, 6.45) is 5.23. The van der Waals surface area contributed by atoms with Crippen molar-refractivity contribution in [2.75, 3.05) is 31.1 Å². The number of rotatable bonds is 6. The Labute approximate surface area is 153 Å². The molecule has 0 aromatic heterocycles. The standard InChI is InChI=1S/C20H27FN2O3/c21-17-5-7-18(8-6-17)22-9-11-23(12-10-22)20(26)16(14-19(24)25)13-15-3-1-2-4-15/h5-8,15-16H,1-4,9-14H2,(H,24,25)/t16-/m1/s1. The Balaban J connectivity index is 1.57. The largest absolute Gasteiger partial charge is 0.481 e. The molecule has 3 rings (SSSR count). The zero-order valence-corrected chi connectivity index (χ0v) is 15.1. The van der Waals surface area contributed by atoms with Gasteiger partial charge in [0.15, 0.2) is 0 Å². The average molecular weight is 362 g/mol. The van der Waals surface area contributed by atoms with Gasteiger partial charge in [0.2, 0.25) is 5.91 Å². The molecule has 1 N–H and O–H groups in total. The lowest BCUT2D eigenvalue weighted by Gasteiger charge is -2.37. The monoisotopic (exact) mass is 362 g/mol. The number of halogens is 1. The van der Waals surface area contributed by atoms with E-state index in [9.17, 15) is 19.1 Å². The van der Waals surface area contributed by atoms with E-state index >= 15 is 0 Å². The molecule has 1 atom stereocenters. The molecule has 1 amide bonds. The molecule has 0 bridgehead atoms. The second-order valence-corrected chi connectivity index (χ2v) is 7.47. The van der Waals surface area contributed by atoms with Crippen LogP contribution in [0.1, 0.15) is 38.5 Å². The predicted octanol–water partition coefficient (Wildman–Crippen LogP) is 3.15. The van der Waals surface area contributed by atoms with Gasteiger partial charge in [0.1, 0.15) is 5.82 Å². The van der Waals surface area contributed by atoms with Gasteiger partial charge in [-0.1, -0.05) is 25.7 Å². The fourth-order valence-electron chi connectivity index (χ4n) is 4.23. The second kappa shape index (κ2) is 8.52. The van der Waals surface area contributed by atoms with Crippen molar-refractivity contribution in [3.8, 4) is 0 Å². The number of amides is 1. The third kappa shape index (κ3) is 4.74. The first-order chi connectivity index (χ1) is 12.5. The van der Waals surface area contributed by atoms with Gasteiger partial charge < -0.3 is 14.9 Å². The molecule has 142 valence electrons. The van der Waals surface area contributed by atoms with Crippen LogP contribution in [0.5, 0.6) is 0 Å². The van der Waals surface area contributed by atoms with Crippen LogP contribution in [0.4, 0.5) is 10.1 Å². The lowest BCUT2D eigenvalue weighted by atomic mass is 9.89. The zero-order valence-electron chi connectivity index (χ0n) is 15.1. The Morgan fingerprint density at radius 1 is 1.08 bits per heavy atom. The number of carbonyl (C=O) groups is 2. The number of anilines is 1. The molecule has 6 heteroatoms. The first-order valence-corrected chi connectivity index (χ1v) is 9.54. The number of piperazine rings is 1. The summed E-state index contributed by atoms with van der Waals surface area (Å²) in [4.78, 5) is 28.1. The van der Waals surface area contributed by atoms with E-state index in [0.717, 1.165) is 18.5 Å². The summed E-state index contributed by atoms with van der Waals surface area (Å²) in [5, 5.41) is 9.21. The maximum Gasteiger partial charge on any atom is 0.304 e. The van der Waals surface area contributed by atoms with Gasteiger partial charge in [0.25, 0.3) is 0 Å². The molecular weight excluding hydrogens is 335 g/mol. The minimum atomic E-state index is -0.897. The van der Waals surface area contributed by atoms with Crippen molar-refractivity contribution in [2.24, 2.45) is 11.8 Å². The van der Waals surface area contributed by atoms with E-state index in [1.807, 2.05) is 4.90 Å². The van der Waals surface area contributed by atoms with Gasteiger partial charge >= 0.3 is 5.97 Å². The highest BCUT2D eigenvalue weighted by Crippen LogP contribution is 2.32. The van der Waals surface area contributed by atoms with Crippen LogP contribution in [-0.4, -0.2) is 48.1 Å². The molecule has 5 nitrogen and oxygen atoms in total. The lowest BCUT2D eigenvalue weighted by molar-refractivity contribution is -0.145. The van der Waals surface area contributed by atoms with Gasteiger partial charge in [-0.3, -0.25) is 9.59 Å². The zero-order chi connectivity index (χ0) is 18.5. The summed E-state index contributed by atoms with van der Waals surface area (Å²) in [6, 6.07) is 6.38. The highest BCUT2D eigenvalue weighted by molar-refractivity contribution is 5.83. The molecule has 1 heterocycles. The lowest BCUT2D eigenvalue weighted by Crippen LogP contribution is -2.50. The summed E-state index contributed by atoms with van der Waals surface area (Å²) >= 11 is 0. The van der Waals surface area contributed by atoms with Gasteiger partial charge in [0, 0.05) is 37.8 Å². The number of carboxylic acid groups (broad SMARTS) is 1. The summed E-state index contributed by atoms with van der Waals surface area (Å²) < 4.78 is 13.1. The number of benzene rings is 1. The Kier molecular flexibility index (Phi) is 6.12. The van der Waals surface area contributed by atoms with Crippen molar-refractivity contribution in [1.82, 2.24) is 4.90 Å². The van der Waals surface area contributed by atoms with Crippen molar-refractivity contribution < 1.29 is 19.1 Å². The molecule has 0 radical (unpaired) electrons. The average Bonchev–Trinajstić information content (AvgIpc) is 3.14. The molecule has 0 unspecified atom stereocenters. The third-order valence-electron chi connectivity index (χ3n) is 5.65. The summed E-state index contributed by atoms with van der Waals surface area (Å²) in [5.41, 5.74) is 0.951. The molecule has 1 aromatic rings. The minimum Gasteiger partial charge on any atom is -0.481 e. The third-order valence-corrected chi connectivity index (χ3v) is 5.65. The smallest absolute Gasteiger partial charge is 0.304 e. The molecule has 1 aliphatic carbocycles. The Hall–Kier alpha value is -2.11. The van der Waals surface area contributed by atoms with Gasteiger partial charge in [-0.2, -0.15) is 0 Å². The Morgan fingerprint density at radius 2 is 1.69 bits per heavy atom. The van der Waals surface area contributed by atoms with E-state index in [-0.39, 0.29) is 18.1 Å². The second-order valence-electron chi connectivity index (χ2n) is 7.47. The summed E-state index contributed by atoms with van der Waals surface area (Å²) in [6.45, 7) is 2.52. The molecule has 1 saturated heterocycles. The maximum atomic E-state index is 13.1. The molecular formula is C20H27FN2O3. The highest BCUT2D eigenvalue weighted by Gasteiger charge is 2.31. The number of aliphatic carboxylic acids is 1. The van der Waals surface area contributed by atoms with Gasteiger partial charge in [-0.15, -0.1) is 0 Å². The van der Waals surface area contributed by atoms with Crippen molar-refractivity contribution in [2.45, 2.75) is 38.5 Å². The highest BCUT2D eigenvalue weighted by atomic mass is 19.1. The van der Waals surface area contributed by atoms with Gasteiger partial charge in [-0.05, 0) is 36.6 Å². The predicted molar refractivity (Wildman–Crippen MR) is 97.5 cm³/mol. The van der Waals surface area contributed by atoms with E-state index in [1.54, 1.807) is 12.1 Å². The molecule has 2 aliphatic rings. The van der Waals surface area contributed by atoms with Crippen LogP contribution in [-0.2, 0) is 9.59 Å². The number of carbonyl (C=O) groups excluding carboxylic acids is 1. The molecule has 0 spiro atoms. The van der Waals surface area contributed by atoms with E-state index in [1.165, 1.54) is 25.0 Å². The fourth-order valence-corrected chi connectivity index (χ4v) is 4.23. The van der Waals surface area contributed by atoms with Crippen molar-refractivity contribution >= 4 is 17.6 Å². The fraction of sp³-hybridized carbons (Fsp3) is 0.600. The topological polar surface area (TPSA) is 60.9 Å². The molecule has 1 saturated carbocycles. The number of carboxylic acids is 1. The number of hydrogen-bond acceptors (Lipinski definition) is 3. The number of nitrogens with zero attached hydrogens (tertiary/aromatic N) is 2. The van der Waals surface area contributed by atoms with Crippen molar-refractivity contribution in [3.05, 3.63) is 30.1 Å². The van der Waals surface area contributed by atoms with Crippen LogP contribution in [0, 0.1) is 17.7 Å². The maximum absolute atomic E-state index is 13.1. The quantitative estimate of drug-likeness (QED) is 0.845. The SMILES string of the molecule is O=C(O)C[C@@H](CC1CCCC1)C(=O)N1CCN(c2ccc(F)cc2)CC1. The summed E-state index contributed by atoms with van der Waals surface area (Å²) in [7, 11) is 0. The first-order valence-electron chi connectivity index (χ1n) is 9.54. The molecule has 2 fully saturated rings. The van der Waals surface area contributed by atoms with Gasteiger partial charge in [-0.25, -0.2) is 4.39 Å². The minimum absolute atomic E-state index is 0.0157. The van der Waals surface area contributed by atoms with Crippen LogP contribution in [0.15, 0.2) is 24.3 Å². The number of hydrogen-bond donors (Lipinski definition) is 1. The van der Waals surface area contributed by atoms with E-state index in [2.05, 4.69) is 4.90 Å². The molecule has 26 heavy (non-hydrogen) atoms. The molecule has 1 aromatic carbocycles. The van der Waals surface area contributed by atoms with Crippen LogP contribution in [0.25, 0.3) is 0 Å².